The molecule has 112 valence electrons. The maximum Gasteiger partial charge on any atom is 0.0307 e. The third-order valence-corrected chi connectivity index (χ3v) is 4.50. The van der Waals surface area contributed by atoms with E-state index in [0.717, 1.165) is 19.5 Å². The van der Waals surface area contributed by atoms with Crippen molar-refractivity contribution >= 4 is 15.9 Å². The number of hydrogen-bond acceptors (Lipinski definition) is 2. The third kappa shape index (κ3) is 4.95. The van der Waals surface area contributed by atoms with Gasteiger partial charge in [0.15, 0.2) is 0 Å². The molecule has 2 nitrogen and oxygen atoms in total. The van der Waals surface area contributed by atoms with Crippen molar-refractivity contribution in [1.29, 1.82) is 0 Å². The van der Waals surface area contributed by atoms with E-state index in [1.54, 1.807) is 0 Å². The fourth-order valence-electron chi connectivity index (χ4n) is 2.34. The number of nitrogens with zero attached hydrogens (tertiary/aromatic N) is 1. The Bertz CT molecular complexity index is 566. The summed E-state index contributed by atoms with van der Waals surface area (Å²) in [5.41, 5.74) is 10.1. The van der Waals surface area contributed by atoms with Crippen LogP contribution in [0.4, 0.5) is 0 Å². The maximum absolute atomic E-state index is 6.28. The summed E-state index contributed by atoms with van der Waals surface area (Å²) in [6, 6.07) is 17.0. The molecule has 1 atom stereocenters. The highest BCUT2D eigenvalue weighted by Gasteiger charge is 2.09. The molecule has 0 spiro atoms. The highest BCUT2D eigenvalue weighted by molar-refractivity contribution is 9.10. The molecule has 2 rings (SSSR count). The van der Waals surface area contributed by atoms with Crippen molar-refractivity contribution < 1.29 is 0 Å². The Hall–Kier alpha value is -1.16. The summed E-state index contributed by atoms with van der Waals surface area (Å²) < 4.78 is 1.17. The standard InChI is InChI=1S/C18H23BrN2/c1-14-7-9-15(10-8-14)18(20)11-12-21(2)13-16-5-3-4-6-17(16)19/h3-10,18H,11-13,20H2,1-2H3. The van der Waals surface area contributed by atoms with Crippen molar-refractivity contribution in [3.63, 3.8) is 0 Å². The molecule has 1 unspecified atom stereocenters. The van der Waals surface area contributed by atoms with Crippen LogP contribution in [0.1, 0.15) is 29.2 Å². The zero-order valence-electron chi connectivity index (χ0n) is 12.7. The molecule has 0 bridgehead atoms. The molecule has 2 aromatic rings. The minimum absolute atomic E-state index is 0.104. The lowest BCUT2D eigenvalue weighted by atomic mass is 10.0. The molecule has 0 saturated carbocycles. The van der Waals surface area contributed by atoms with Crippen molar-refractivity contribution in [2.24, 2.45) is 5.73 Å². The molecule has 0 saturated heterocycles. The molecule has 0 aliphatic rings. The van der Waals surface area contributed by atoms with E-state index in [1.165, 1.54) is 21.2 Å². The molecule has 0 aliphatic heterocycles. The van der Waals surface area contributed by atoms with Gasteiger partial charge in [-0.05, 0) is 44.1 Å². The first-order valence-electron chi connectivity index (χ1n) is 7.30. The zero-order valence-corrected chi connectivity index (χ0v) is 14.3. The fraction of sp³-hybridized carbons (Fsp3) is 0.333. The molecule has 0 fully saturated rings. The molecule has 0 aliphatic carbocycles. The average molecular weight is 347 g/mol. The minimum Gasteiger partial charge on any atom is -0.324 e. The molecule has 3 heteroatoms. The lowest BCUT2D eigenvalue weighted by Crippen LogP contribution is -2.23. The summed E-state index contributed by atoms with van der Waals surface area (Å²) in [5, 5.41) is 0. The van der Waals surface area contributed by atoms with Crippen LogP contribution in [0.2, 0.25) is 0 Å². The number of aryl methyl sites for hydroxylation is 1. The van der Waals surface area contributed by atoms with E-state index < -0.39 is 0 Å². The van der Waals surface area contributed by atoms with Gasteiger partial charge in [-0.15, -0.1) is 0 Å². The van der Waals surface area contributed by atoms with E-state index >= 15 is 0 Å². The van der Waals surface area contributed by atoms with Crippen molar-refractivity contribution in [1.82, 2.24) is 4.90 Å². The van der Waals surface area contributed by atoms with Crippen LogP contribution < -0.4 is 5.73 Å². The van der Waals surface area contributed by atoms with Crippen molar-refractivity contribution in [3.8, 4) is 0 Å². The van der Waals surface area contributed by atoms with Crippen LogP contribution in [-0.4, -0.2) is 18.5 Å². The summed E-state index contributed by atoms with van der Waals surface area (Å²) in [6.45, 7) is 4.01. The fourth-order valence-corrected chi connectivity index (χ4v) is 2.75. The van der Waals surface area contributed by atoms with Gasteiger partial charge in [0.25, 0.3) is 0 Å². The summed E-state index contributed by atoms with van der Waals surface area (Å²) in [4.78, 5) is 2.31. The Balaban J connectivity index is 1.85. The first-order valence-corrected chi connectivity index (χ1v) is 8.09. The first-order chi connectivity index (χ1) is 10.1. The van der Waals surface area contributed by atoms with E-state index in [9.17, 15) is 0 Å². The highest BCUT2D eigenvalue weighted by Crippen LogP contribution is 2.19. The van der Waals surface area contributed by atoms with Gasteiger partial charge in [0.1, 0.15) is 0 Å². The van der Waals surface area contributed by atoms with Gasteiger partial charge in [-0.1, -0.05) is 64.0 Å². The van der Waals surface area contributed by atoms with E-state index in [1.807, 2.05) is 6.07 Å². The largest absolute Gasteiger partial charge is 0.324 e. The number of nitrogens with two attached hydrogens (primary N) is 1. The predicted octanol–water partition coefficient (Wildman–Crippen LogP) is 4.28. The van der Waals surface area contributed by atoms with Gasteiger partial charge in [0.2, 0.25) is 0 Å². The van der Waals surface area contributed by atoms with Crippen molar-refractivity contribution in [2.45, 2.75) is 25.9 Å². The molecule has 0 radical (unpaired) electrons. The van der Waals surface area contributed by atoms with Crippen molar-refractivity contribution in [3.05, 3.63) is 69.7 Å². The van der Waals surface area contributed by atoms with Gasteiger partial charge in [-0.25, -0.2) is 0 Å². The molecule has 0 aromatic heterocycles. The third-order valence-electron chi connectivity index (χ3n) is 3.73. The molecular formula is C18H23BrN2. The van der Waals surface area contributed by atoms with Gasteiger partial charge in [-0.3, -0.25) is 0 Å². The molecular weight excluding hydrogens is 324 g/mol. The van der Waals surface area contributed by atoms with Gasteiger partial charge in [0.05, 0.1) is 0 Å². The molecule has 21 heavy (non-hydrogen) atoms. The number of benzene rings is 2. The predicted molar refractivity (Wildman–Crippen MR) is 93.2 cm³/mol. The van der Waals surface area contributed by atoms with E-state index in [0.29, 0.717) is 0 Å². The van der Waals surface area contributed by atoms with Crippen LogP contribution in [-0.2, 0) is 6.54 Å². The second-order valence-electron chi connectivity index (χ2n) is 5.64. The normalized spacial score (nSPS) is 12.6. The second kappa shape index (κ2) is 7.74. The van der Waals surface area contributed by atoms with Gasteiger partial charge < -0.3 is 10.6 Å². The molecule has 2 aromatic carbocycles. The lowest BCUT2D eigenvalue weighted by Gasteiger charge is -2.20. The number of halogens is 1. The summed E-state index contributed by atoms with van der Waals surface area (Å²) in [7, 11) is 2.14. The Morgan fingerprint density at radius 3 is 2.43 bits per heavy atom. The van der Waals surface area contributed by atoms with Gasteiger partial charge >= 0.3 is 0 Å². The average Bonchev–Trinajstić information content (AvgIpc) is 2.48. The van der Waals surface area contributed by atoms with Crippen LogP contribution in [0, 0.1) is 6.92 Å². The SMILES string of the molecule is Cc1ccc(C(N)CCN(C)Cc2ccccc2Br)cc1. The topological polar surface area (TPSA) is 29.3 Å². The van der Waals surface area contributed by atoms with Crippen molar-refractivity contribution in [2.75, 3.05) is 13.6 Å². The highest BCUT2D eigenvalue weighted by atomic mass is 79.9. The maximum atomic E-state index is 6.28. The smallest absolute Gasteiger partial charge is 0.0307 e. The summed E-state index contributed by atoms with van der Waals surface area (Å²) in [6.07, 6.45) is 0.962. The van der Waals surface area contributed by atoms with Gasteiger partial charge in [0, 0.05) is 17.1 Å². The molecule has 0 heterocycles. The van der Waals surface area contributed by atoms with Crippen LogP contribution in [0.15, 0.2) is 53.0 Å². The Labute approximate surface area is 136 Å². The zero-order chi connectivity index (χ0) is 15.2. The number of rotatable bonds is 6. The van der Waals surface area contributed by atoms with E-state index in [-0.39, 0.29) is 6.04 Å². The molecule has 2 N–H and O–H groups in total. The first kappa shape index (κ1) is 16.2. The Kier molecular flexibility index (Phi) is 5.97. The molecule has 0 amide bonds. The number of hydrogen-bond donors (Lipinski definition) is 1. The van der Waals surface area contributed by atoms with Crippen LogP contribution >= 0.6 is 15.9 Å². The monoisotopic (exact) mass is 346 g/mol. The lowest BCUT2D eigenvalue weighted by molar-refractivity contribution is 0.311. The second-order valence-corrected chi connectivity index (χ2v) is 6.49. The quantitative estimate of drug-likeness (QED) is 0.845. The summed E-state index contributed by atoms with van der Waals surface area (Å²) in [5.74, 6) is 0. The van der Waals surface area contributed by atoms with E-state index in [4.69, 9.17) is 5.73 Å². The Morgan fingerprint density at radius 2 is 1.76 bits per heavy atom. The Morgan fingerprint density at radius 1 is 1.10 bits per heavy atom. The van der Waals surface area contributed by atoms with Crippen LogP contribution in [0.5, 0.6) is 0 Å². The van der Waals surface area contributed by atoms with Crippen LogP contribution in [0.3, 0.4) is 0 Å². The van der Waals surface area contributed by atoms with Gasteiger partial charge in [-0.2, -0.15) is 0 Å². The minimum atomic E-state index is 0.104. The van der Waals surface area contributed by atoms with Crippen LogP contribution in [0.25, 0.3) is 0 Å². The summed E-state index contributed by atoms with van der Waals surface area (Å²) >= 11 is 3.60. The van der Waals surface area contributed by atoms with E-state index in [2.05, 4.69) is 77.3 Å².